The Morgan fingerprint density at radius 1 is 1.12 bits per heavy atom. The second-order valence-electron chi connectivity index (χ2n) is 5.13. The number of carbonyl (C=O) groups excluding carboxylic acids is 1. The van der Waals surface area contributed by atoms with Crippen LogP contribution in [0.3, 0.4) is 0 Å². The van der Waals surface area contributed by atoms with Gasteiger partial charge in [-0.3, -0.25) is 4.79 Å². The molecule has 2 rings (SSSR count). The maximum atomic E-state index is 12.3. The summed E-state index contributed by atoms with van der Waals surface area (Å²) >= 11 is 1.28. The smallest absolute Gasteiger partial charge is 0.370 e. The molecule has 8 heteroatoms. The van der Waals surface area contributed by atoms with E-state index in [0.29, 0.717) is 20.9 Å². The van der Waals surface area contributed by atoms with Crippen molar-refractivity contribution < 1.29 is 22.7 Å². The minimum atomic E-state index is -4.39. The highest BCUT2D eigenvalue weighted by Crippen LogP contribution is 2.32. The quantitative estimate of drug-likeness (QED) is 0.737. The largest absolute Gasteiger partial charge is 0.411 e. The highest BCUT2D eigenvalue weighted by atomic mass is 32.2. The van der Waals surface area contributed by atoms with Gasteiger partial charge >= 0.3 is 6.18 Å². The summed E-state index contributed by atoms with van der Waals surface area (Å²) < 4.78 is 40.4. The van der Waals surface area contributed by atoms with Crippen LogP contribution in [0, 0.1) is 11.3 Å². The van der Waals surface area contributed by atoms with Crippen molar-refractivity contribution in [3.8, 4) is 6.07 Å². The van der Waals surface area contributed by atoms with Gasteiger partial charge in [0.2, 0.25) is 0 Å². The second kappa shape index (κ2) is 9.27. The van der Waals surface area contributed by atoms with Crippen molar-refractivity contribution in [2.45, 2.75) is 16.0 Å². The molecule has 136 valence electrons. The van der Waals surface area contributed by atoms with E-state index in [-0.39, 0.29) is 13.2 Å². The summed E-state index contributed by atoms with van der Waals surface area (Å²) in [5, 5.41) is 11.7. The molecule has 2 aromatic rings. The number of hydrogen-bond acceptors (Lipinski definition) is 4. The van der Waals surface area contributed by atoms with Crippen molar-refractivity contribution in [3.05, 3.63) is 59.7 Å². The molecule has 0 spiro atoms. The lowest BCUT2D eigenvalue weighted by Gasteiger charge is -2.11. The third-order valence-corrected chi connectivity index (χ3v) is 4.31. The first-order valence-corrected chi connectivity index (χ1v) is 8.41. The minimum Gasteiger partial charge on any atom is -0.370 e. The van der Waals surface area contributed by atoms with Gasteiger partial charge in [-0.05, 0) is 24.3 Å². The predicted octanol–water partition coefficient (Wildman–Crippen LogP) is 4.02. The first-order chi connectivity index (χ1) is 12.4. The van der Waals surface area contributed by atoms with Gasteiger partial charge in [-0.25, -0.2) is 0 Å². The van der Waals surface area contributed by atoms with E-state index in [1.165, 1.54) is 11.8 Å². The fourth-order valence-corrected chi connectivity index (χ4v) is 3.05. The summed E-state index contributed by atoms with van der Waals surface area (Å²) in [4.78, 5) is 13.7. The predicted molar refractivity (Wildman–Crippen MR) is 90.9 cm³/mol. The molecule has 0 radical (unpaired) electrons. The van der Waals surface area contributed by atoms with Crippen molar-refractivity contribution in [2.24, 2.45) is 0 Å². The zero-order chi connectivity index (χ0) is 19.0. The standard InChI is InChI=1S/C18H15F3N2O2S/c19-18(20,21)12-25-10-9-23-17(24)14-6-2-4-8-16(14)26-15-7-3-1-5-13(15)11-22/h1-8H,9-10,12H2,(H,23,24). The van der Waals surface area contributed by atoms with E-state index in [1.807, 2.05) is 0 Å². The zero-order valence-corrected chi connectivity index (χ0v) is 14.4. The van der Waals surface area contributed by atoms with Crippen LogP contribution in [0.2, 0.25) is 0 Å². The maximum Gasteiger partial charge on any atom is 0.411 e. The van der Waals surface area contributed by atoms with Gasteiger partial charge in [0.05, 0.1) is 17.7 Å². The molecular formula is C18H15F3N2O2S. The molecule has 0 saturated heterocycles. The molecule has 0 saturated carbocycles. The lowest BCUT2D eigenvalue weighted by molar-refractivity contribution is -0.173. The van der Waals surface area contributed by atoms with Crippen molar-refractivity contribution in [1.82, 2.24) is 5.32 Å². The molecule has 1 N–H and O–H groups in total. The first kappa shape index (κ1) is 19.8. The third kappa shape index (κ3) is 6.10. The molecule has 0 fully saturated rings. The number of alkyl halides is 3. The van der Waals surface area contributed by atoms with E-state index < -0.39 is 18.7 Å². The Labute approximate surface area is 153 Å². The molecule has 0 aliphatic heterocycles. The van der Waals surface area contributed by atoms with E-state index >= 15 is 0 Å². The molecule has 26 heavy (non-hydrogen) atoms. The van der Waals surface area contributed by atoms with Crippen molar-refractivity contribution >= 4 is 17.7 Å². The average Bonchev–Trinajstić information content (AvgIpc) is 2.61. The summed E-state index contributed by atoms with van der Waals surface area (Å²) in [6.45, 7) is -1.62. The Hall–Kier alpha value is -2.50. The van der Waals surface area contributed by atoms with Gasteiger partial charge in [0.1, 0.15) is 12.7 Å². The fourth-order valence-electron chi connectivity index (χ4n) is 2.03. The Morgan fingerprint density at radius 2 is 1.77 bits per heavy atom. The number of hydrogen-bond donors (Lipinski definition) is 1. The number of amides is 1. The Bertz CT molecular complexity index is 804. The van der Waals surface area contributed by atoms with Crippen LogP contribution in [0.15, 0.2) is 58.3 Å². The van der Waals surface area contributed by atoms with Gasteiger partial charge < -0.3 is 10.1 Å². The van der Waals surface area contributed by atoms with Gasteiger partial charge in [0, 0.05) is 16.3 Å². The molecular weight excluding hydrogens is 365 g/mol. The number of nitrogens with zero attached hydrogens (tertiary/aromatic N) is 1. The number of halogens is 3. The SMILES string of the molecule is N#Cc1ccccc1Sc1ccccc1C(=O)NCCOCC(F)(F)F. The van der Waals surface area contributed by atoms with Crippen LogP contribution in [-0.2, 0) is 4.74 Å². The summed E-state index contributed by atoms with van der Waals surface area (Å²) in [5.74, 6) is -0.418. The van der Waals surface area contributed by atoms with Crippen molar-refractivity contribution in [3.63, 3.8) is 0 Å². The van der Waals surface area contributed by atoms with Gasteiger partial charge in [-0.1, -0.05) is 36.0 Å². The summed E-state index contributed by atoms with van der Waals surface area (Å²) in [6.07, 6.45) is -4.39. The topological polar surface area (TPSA) is 62.1 Å². The number of carbonyl (C=O) groups is 1. The second-order valence-corrected chi connectivity index (χ2v) is 6.21. The summed E-state index contributed by atoms with van der Waals surface area (Å²) in [6, 6.07) is 15.9. The molecule has 0 bridgehead atoms. The van der Waals surface area contributed by atoms with Gasteiger partial charge in [0.25, 0.3) is 5.91 Å². The minimum absolute atomic E-state index is 0.0390. The monoisotopic (exact) mass is 380 g/mol. The molecule has 2 aromatic carbocycles. The number of ether oxygens (including phenoxy) is 1. The Morgan fingerprint density at radius 3 is 2.46 bits per heavy atom. The number of nitriles is 1. The van der Waals surface area contributed by atoms with Crippen LogP contribution in [0.1, 0.15) is 15.9 Å². The third-order valence-electron chi connectivity index (χ3n) is 3.16. The average molecular weight is 380 g/mol. The molecule has 0 atom stereocenters. The van der Waals surface area contributed by atoms with Crippen LogP contribution < -0.4 is 5.32 Å². The van der Waals surface area contributed by atoms with Gasteiger partial charge in [-0.15, -0.1) is 0 Å². The molecule has 1 amide bonds. The number of nitrogens with one attached hydrogen (secondary N) is 1. The highest BCUT2D eigenvalue weighted by Gasteiger charge is 2.27. The van der Waals surface area contributed by atoms with E-state index in [4.69, 9.17) is 5.26 Å². The Balaban J connectivity index is 2.00. The fraction of sp³-hybridized carbons (Fsp3) is 0.222. The van der Waals surface area contributed by atoms with Gasteiger partial charge in [-0.2, -0.15) is 18.4 Å². The van der Waals surface area contributed by atoms with Crippen LogP contribution in [0.4, 0.5) is 13.2 Å². The molecule has 0 heterocycles. The van der Waals surface area contributed by atoms with Crippen LogP contribution in [0.5, 0.6) is 0 Å². The van der Waals surface area contributed by atoms with Crippen molar-refractivity contribution in [2.75, 3.05) is 19.8 Å². The lowest BCUT2D eigenvalue weighted by atomic mass is 10.2. The molecule has 0 aliphatic rings. The van der Waals surface area contributed by atoms with Crippen LogP contribution in [0.25, 0.3) is 0 Å². The maximum absolute atomic E-state index is 12.3. The van der Waals surface area contributed by atoms with E-state index in [2.05, 4.69) is 16.1 Å². The zero-order valence-electron chi connectivity index (χ0n) is 13.5. The number of benzene rings is 2. The van der Waals surface area contributed by atoms with Crippen LogP contribution >= 0.6 is 11.8 Å². The summed E-state index contributed by atoms with van der Waals surface area (Å²) in [7, 11) is 0. The van der Waals surface area contributed by atoms with E-state index in [1.54, 1.807) is 48.5 Å². The highest BCUT2D eigenvalue weighted by molar-refractivity contribution is 7.99. The van der Waals surface area contributed by atoms with E-state index in [9.17, 15) is 18.0 Å². The molecule has 0 aliphatic carbocycles. The normalized spacial score (nSPS) is 11.0. The summed E-state index contributed by atoms with van der Waals surface area (Å²) in [5.41, 5.74) is 0.870. The molecule has 4 nitrogen and oxygen atoms in total. The lowest BCUT2D eigenvalue weighted by Crippen LogP contribution is -2.29. The van der Waals surface area contributed by atoms with Crippen molar-refractivity contribution in [1.29, 1.82) is 5.26 Å². The molecule has 0 unspecified atom stereocenters. The number of rotatable bonds is 7. The van der Waals surface area contributed by atoms with Crippen LogP contribution in [-0.4, -0.2) is 31.8 Å². The Kier molecular flexibility index (Phi) is 7.06. The van der Waals surface area contributed by atoms with Gasteiger partial charge in [0.15, 0.2) is 0 Å². The van der Waals surface area contributed by atoms with E-state index in [0.717, 1.165) is 0 Å². The first-order valence-electron chi connectivity index (χ1n) is 7.59. The molecule has 0 aromatic heterocycles.